The van der Waals surface area contributed by atoms with E-state index in [2.05, 4.69) is 0 Å². The van der Waals surface area contributed by atoms with Gasteiger partial charge in [-0.05, 0) is 64.7 Å². The van der Waals surface area contributed by atoms with Crippen LogP contribution in [0.1, 0.15) is 5.56 Å². The molecule has 0 aliphatic rings. The number of rotatable bonds is 6. The second kappa shape index (κ2) is 9.65. The minimum absolute atomic E-state index is 0.0881. The first kappa shape index (κ1) is 22.1. The molecule has 0 spiro atoms. The first-order valence-electron chi connectivity index (χ1n) is 11.3. The number of hydrogen-bond acceptors (Lipinski definition) is 4. The lowest BCUT2D eigenvalue weighted by Crippen LogP contribution is -1.98. The number of benzene rings is 5. The van der Waals surface area contributed by atoms with Gasteiger partial charge in [-0.25, -0.2) is 0 Å². The summed E-state index contributed by atoms with van der Waals surface area (Å²) in [7, 11) is 0. The van der Waals surface area contributed by atoms with Gasteiger partial charge in [0, 0.05) is 16.7 Å². The van der Waals surface area contributed by atoms with Gasteiger partial charge in [-0.2, -0.15) is 0 Å². The van der Waals surface area contributed by atoms with E-state index in [4.69, 9.17) is 4.74 Å². The van der Waals surface area contributed by atoms with E-state index in [1.807, 2.05) is 78.9 Å². The van der Waals surface area contributed by atoms with Crippen molar-refractivity contribution >= 4 is 0 Å². The molecule has 0 atom stereocenters. The zero-order valence-electron chi connectivity index (χ0n) is 18.9. The maximum absolute atomic E-state index is 11.0. The van der Waals surface area contributed by atoms with Gasteiger partial charge in [0.15, 0.2) is 0 Å². The molecule has 0 unspecified atom stereocenters. The van der Waals surface area contributed by atoms with Crippen LogP contribution < -0.4 is 4.74 Å². The molecule has 35 heavy (non-hydrogen) atoms. The molecule has 0 fully saturated rings. The van der Waals surface area contributed by atoms with Gasteiger partial charge in [-0.15, -0.1) is 0 Å². The molecule has 0 bridgehead atoms. The lowest BCUT2D eigenvalue weighted by atomic mass is 9.86. The summed E-state index contributed by atoms with van der Waals surface area (Å²) in [5.74, 6) is 1.06. The summed E-state index contributed by atoms with van der Waals surface area (Å²) in [5, 5.41) is 31.0. The number of hydrogen-bond donors (Lipinski definition) is 3. The molecule has 0 aliphatic heterocycles. The van der Waals surface area contributed by atoms with Crippen LogP contribution in [0.4, 0.5) is 0 Å². The lowest BCUT2D eigenvalue weighted by Gasteiger charge is -2.20. The third-order valence-electron chi connectivity index (χ3n) is 5.89. The molecule has 0 aromatic heterocycles. The third kappa shape index (κ3) is 4.68. The molecule has 172 valence electrons. The summed E-state index contributed by atoms with van der Waals surface area (Å²) in [6, 6.07) is 35.0. The van der Waals surface area contributed by atoms with E-state index in [-0.39, 0.29) is 17.2 Å². The molecule has 3 N–H and O–H groups in total. The smallest absolute Gasteiger partial charge is 0.127 e. The molecule has 4 heteroatoms. The van der Waals surface area contributed by atoms with Gasteiger partial charge in [0.25, 0.3) is 0 Å². The summed E-state index contributed by atoms with van der Waals surface area (Å²) in [6.07, 6.45) is 0. The molecule has 0 aliphatic carbocycles. The summed E-state index contributed by atoms with van der Waals surface area (Å²) >= 11 is 0. The molecule has 0 saturated heterocycles. The molecule has 5 rings (SSSR count). The number of para-hydroxylation sites is 1. The summed E-state index contributed by atoms with van der Waals surface area (Å²) < 4.78 is 6.24. The normalized spacial score (nSPS) is 10.7. The maximum Gasteiger partial charge on any atom is 0.127 e. The molecule has 5 aromatic carbocycles. The van der Waals surface area contributed by atoms with Gasteiger partial charge < -0.3 is 20.1 Å². The Hall–Kier alpha value is -4.70. The van der Waals surface area contributed by atoms with E-state index in [1.54, 1.807) is 36.4 Å². The van der Waals surface area contributed by atoms with Gasteiger partial charge in [-0.1, -0.05) is 72.8 Å². The summed E-state index contributed by atoms with van der Waals surface area (Å²) in [4.78, 5) is 0. The van der Waals surface area contributed by atoms with Crippen LogP contribution in [0.15, 0.2) is 115 Å². The first-order chi connectivity index (χ1) is 17.1. The fourth-order valence-electron chi connectivity index (χ4n) is 4.25. The van der Waals surface area contributed by atoms with E-state index in [1.165, 1.54) is 0 Å². The zero-order valence-corrected chi connectivity index (χ0v) is 18.9. The van der Waals surface area contributed by atoms with Gasteiger partial charge in [0.1, 0.15) is 29.6 Å². The second-order valence-corrected chi connectivity index (χ2v) is 8.25. The average molecular weight is 461 g/mol. The van der Waals surface area contributed by atoms with Crippen molar-refractivity contribution in [2.24, 2.45) is 0 Å². The lowest BCUT2D eigenvalue weighted by molar-refractivity contribution is 0.307. The topological polar surface area (TPSA) is 69.9 Å². The van der Waals surface area contributed by atoms with Gasteiger partial charge >= 0.3 is 0 Å². The number of phenolic OH excluding ortho intramolecular Hbond substituents is 3. The minimum Gasteiger partial charge on any atom is -0.508 e. The Labute approximate surface area is 204 Å². The molecular formula is C31H24O4. The standard InChI is InChI=1S/C31H24O4/c32-24-15-13-22(14-16-24)30-27(17-18-28(34)31(30)23-9-6-10-25(33)19-23)26-11-4-5-12-29(26)35-20-21-7-2-1-3-8-21/h1-19,32-34H,20H2. The molecule has 0 amide bonds. The highest BCUT2D eigenvalue weighted by Crippen LogP contribution is 2.47. The van der Waals surface area contributed by atoms with Crippen molar-refractivity contribution in [3.63, 3.8) is 0 Å². The number of ether oxygens (including phenoxy) is 1. The second-order valence-electron chi connectivity index (χ2n) is 8.25. The molecule has 5 aromatic rings. The highest BCUT2D eigenvalue weighted by Gasteiger charge is 2.20. The molecule has 0 radical (unpaired) electrons. The van der Waals surface area contributed by atoms with Crippen LogP contribution in [-0.4, -0.2) is 15.3 Å². The van der Waals surface area contributed by atoms with Crippen molar-refractivity contribution in [1.29, 1.82) is 0 Å². The predicted octanol–water partition coefficient (Wildman–Crippen LogP) is 7.38. The van der Waals surface area contributed by atoms with Gasteiger partial charge in [-0.3, -0.25) is 0 Å². The monoisotopic (exact) mass is 460 g/mol. The van der Waals surface area contributed by atoms with Gasteiger partial charge in [0.2, 0.25) is 0 Å². The van der Waals surface area contributed by atoms with E-state index in [0.717, 1.165) is 27.8 Å². The fraction of sp³-hybridized carbons (Fsp3) is 0.0323. The molecule has 4 nitrogen and oxygen atoms in total. The number of aromatic hydroxyl groups is 3. The van der Waals surface area contributed by atoms with Crippen LogP contribution >= 0.6 is 0 Å². The van der Waals surface area contributed by atoms with E-state index in [0.29, 0.717) is 23.5 Å². The van der Waals surface area contributed by atoms with Crippen LogP contribution in [-0.2, 0) is 6.61 Å². The van der Waals surface area contributed by atoms with Crippen molar-refractivity contribution in [2.75, 3.05) is 0 Å². The average Bonchev–Trinajstić information content (AvgIpc) is 2.89. The van der Waals surface area contributed by atoms with Crippen molar-refractivity contribution in [2.45, 2.75) is 6.61 Å². The predicted molar refractivity (Wildman–Crippen MR) is 139 cm³/mol. The van der Waals surface area contributed by atoms with Crippen molar-refractivity contribution < 1.29 is 20.1 Å². The van der Waals surface area contributed by atoms with Crippen molar-refractivity contribution in [1.82, 2.24) is 0 Å². The third-order valence-corrected chi connectivity index (χ3v) is 5.89. The number of phenols is 3. The Morgan fingerprint density at radius 1 is 0.514 bits per heavy atom. The Morgan fingerprint density at radius 3 is 2.03 bits per heavy atom. The highest BCUT2D eigenvalue weighted by molar-refractivity contribution is 5.98. The van der Waals surface area contributed by atoms with Crippen LogP contribution in [0.2, 0.25) is 0 Å². The zero-order chi connectivity index (χ0) is 24.2. The maximum atomic E-state index is 11.0. The molecular weight excluding hydrogens is 436 g/mol. The Morgan fingerprint density at radius 2 is 1.26 bits per heavy atom. The Kier molecular flexibility index (Phi) is 6.10. The summed E-state index contributed by atoms with van der Waals surface area (Å²) in [5.41, 5.74) is 5.63. The SMILES string of the molecule is Oc1ccc(-c2c(-c3ccccc3OCc3ccccc3)ccc(O)c2-c2cccc(O)c2)cc1. The Bertz CT molecular complexity index is 1460. The fourth-order valence-corrected chi connectivity index (χ4v) is 4.25. The summed E-state index contributed by atoms with van der Waals surface area (Å²) in [6.45, 7) is 0.421. The largest absolute Gasteiger partial charge is 0.508 e. The Balaban J connectivity index is 1.70. The molecule has 0 saturated carbocycles. The van der Waals surface area contributed by atoms with Crippen LogP contribution in [0.3, 0.4) is 0 Å². The van der Waals surface area contributed by atoms with E-state index in [9.17, 15) is 15.3 Å². The van der Waals surface area contributed by atoms with Crippen LogP contribution in [0.5, 0.6) is 23.0 Å². The van der Waals surface area contributed by atoms with E-state index < -0.39 is 0 Å². The first-order valence-corrected chi connectivity index (χ1v) is 11.3. The van der Waals surface area contributed by atoms with E-state index >= 15 is 0 Å². The highest BCUT2D eigenvalue weighted by atomic mass is 16.5. The van der Waals surface area contributed by atoms with Crippen LogP contribution in [0, 0.1) is 0 Å². The molecule has 0 heterocycles. The van der Waals surface area contributed by atoms with Gasteiger partial charge in [0.05, 0.1) is 0 Å². The minimum atomic E-state index is 0.0881. The van der Waals surface area contributed by atoms with Crippen molar-refractivity contribution in [3.05, 3.63) is 121 Å². The van der Waals surface area contributed by atoms with Crippen LogP contribution in [0.25, 0.3) is 33.4 Å². The quantitative estimate of drug-likeness (QED) is 0.247. The van der Waals surface area contributed by atoms with Crippen molar-refractivity contribution in [3.8, 4) is 56.4 Å².